The van der Waals surface area contributed by atoms with Gasteiger partial charge in [-0.2, -0.15) is 0 Å². The zero-order valence-corrected chi connectivity index (χ0v) is 17.7. The first-order chi connectivity index (χ1) is 15.1. The van der Waals surface area contributed by atoms with Crippen LogP contribution in [0.5, 0.6) is 5.75 Å². The molecule has 160 valence electrons. The van der Waals surface area contributed by atoms with Crippen LogP contribution in [0.1, 0.15) is 30.0 Å². The summed E-state index contributed by atoms with van der Waals surface area (Å²) in [6.07, 6.45) is 2.49. The summed E-state index contributed by atoms with van der Waals surface area (Å²) in [6, 6.07) is 19.3. The molecule has 1 aromatic heterocycles. The summed E-state index contributed by atoms with van der Waals surface area (Å²) in [5, 5.41) is 13.3. The van der Waals surface area contributed by atoms with Gasteiger partial charge in [0, 0.05) is 11.8 Å². The Morgan fingerprint density at radius 3 is 2.52 bits per heavy atom. The average molecular weight is 418 g/mol. The molecule has 0 unspecified atom stereocenters. The molecule has 6 heteroatoms. The molecule has 0 fully saturated rings. The van der Waals surface area contributed by atoms with E-state index in [-0.39, 0.29) is 13.0 Å². The number of hydrogen-bond donors (Lipinski definition) is 1. The second kappa shape index (κ2) is 10.9. The normalized spacial score (nSPS) is 11.2. The lowest BCUT2D eigenvalue weighted by Gasteiger charge is -2.11. The van der Waals surface area contributed by atoms with E-state index in [0.717, 1.165) is 40.1 Å². The van der Waals surface area contributed by atoms with Crippen LogP contribution in [0.4, 0.5) is 0 Å². The van der Waals surface area contributed by atoms with Crippen LogP contribution in [0.15, 0.2) is 72.0 Å². The monoisotopic (exact) mass is 418 g/mol. The maximum absolute atomic E-state index is 11.0. The Balaban J connectivity index is 1.55. The highest BCUT2D eigenvalue weighted by molar-refractivity contribution is 6.00. The van der Waals surface area contributed by atoms with Gasteiger partial charge in [-0.25, -0.2) is 0 Å². The molecule has 0 radical (unpaired) electrons. The summed E-state index contributed by atoms with van der Waals surface area (Å²) in [7, 11) is 0. The highest BCUT2D eigenvalue weighted by Crippen LogP contribution is 2.22. The predicted molar refractivity (Wildman–Crippen MR) is 120 cm³/mol. The Labute approximate surface area is 182 Å². The molecule has 0 bridgehead atoms. The molecule has 0 saturated carbocycles. The Kier molecular flexibility index (Phi) is 7.76. The summed E-state index contributed by atoms with van der Waals surface area (Å²) in [4.78, 5) is 20.8. The van der Waals surface area contributed by atoms with Gasteiger partial charge in [0.05, 0.1) is 17.8 Å². The lowest BCUT2D eigenvalue weighted by molar-refractivity contribution is -0.136. The zero-order chi connectivity index (χ0) is 22.1. The van der Waals surface area contributed by atoms with Gasteiger partial charge in [-0.15, -0.1) is 0 Å². The van der Waals surface area contributed by atoms with Crippen LogP contribution in [0.25, 0.3) is 11.3 Å². The number of carboxylic acids is 1. The Morgan fingerprint density at radius 2 is 1.84 bits per heavy atom. The SMILES string of the molecule is CCC(=NOCCOc1cccc(CC(=O)O)c1C)c1ccc(-c2ccccn2)cc1. The third-order valence-electron chi connectivity index (χ3n) is 4.86. The fraction of sp³-hybridized carbons (Fsp3) is 0.240. The van der Waals surface area contributed by atoms with Crippen molar-refractivity contribution in [3.8, 4) is 17.0 Å². The molecule has 6 nitrogen and oxygen atoms in total. The van der Waals surface area contributed by atoms with Gasteiger partial charge in [0.25, 0.3) is 0 Å². The molecule has 0 aliphatic carbocycles. The topological polar surface area (TPSA) is 81.0 Å². The molecular formula is C25H26N2O4. The lowest BCUT2D eigenvalue weighted by Crippen LogP contribution is -2.08. The van der Waals surface area contributed by atoms with Gasteiger partial charge in [-0.3, -0.25) is 9.78 Å². The van der Waals surface area contributed by atoms with Crippen molar-refractivity contribution < 1.29 is 19.5 Å². The van der Waals surface area contributed by atoms with Crippen molar-refractivity contribution in [2.45, 2.75) is 26.7 Å². The smallest absolute Gasteiger partial charge is 0.307 e. The van der Waals surface area contributed by atoms with Crippen molar-refractivity contribution in [1.29, 1.82) is 0 Å². The van der Waals surface area contributed by atoms with E-state index in [4.69, 9.17) is 14.7 Å². The molecule has 3 aromatic rings. The number of aromatic nitrogens is 1. The Hall–Kier alpha value is -3.67. The molecule has 3 rings (SSSR count). The summed E-state index contributed by atoms with van der Waals surface area (Å²) in [5.41, 5.74) is 5.41. The van der Waals surface area contributed by atoms with E-state index in [1.807, 2.05) is 62.4 Å². The van der Waals surface area contributed by atoms with Crippen LogP contribution in [0, 0.1) is 6.92 Å². The van der Waals surface area contributed by atoms with E-state index in [1.54, 1.807) is 18.3 Å². The van der Waals surface area contributed by atoms with Crippen LogP contribution in [-0.4, -0.2) is 35.0 Å². The lowest BCUT2D eigenvalue weighted by atomic mass is 10.0. The van der Waals surface area contributed by atoms with E-state index in [0.29, 0.717) is 12.4 Å². The van der Waals surface area contributed by atoms with E-state index in [1.165, 1.54) is 0 Å². The van der Waals surface area contributed by atoms with E-state index in [9.17, 15) is 4.79 Å². The van der Waals surface area contributed by atoms with Crippen LogP contribution in [0.3, 0.4) is 0 Å². The van der Waals surface area contributed by atoms with Crippen LogP contribution in [0.2, 0.25) is 0 Å². The number of ether oxygens (including phenoxy) is 1. The first-order valence-corrected chi connectivity index (χ1v) is 10.2. The molecule has 0 aliphatic rings. The number of rotatable bonds is 10. The number of carboxylic acid groups (broad SMARTS) is 1. The van der Waals surface area contributed by atoms with Gasteiger partial charge in [-0.05, 0) is 48.2 Å². The fourth-order valence-corrected chi connectivity index (χ4v) is 3.17. The van der Waals surface area contributed by atoms with Gasteiger partial charge in [0.1, 0.15) is 12.4 Å². The van der Waals surface area contributed by atoms with E-state index >= 15 is 0 Å². The summed E-state index contributed by atoms with van der Waals surface area (Å²) in [5.74, 6) is -0.203. The van der Waals surface area contributed by atoms with Crippen molar-refractivity contribution >= 4 is 11.7 Å². The largest absolute Gasteiger partial charge is 0.490 e. The quantitative estimate of drug-likeness (QED) is 0.288. The number of benzene rings is 2. The molecule has 1 heterocycles. The zero-order valence-electron chi connectivity index (χ0n) is 17.7. The van der Waals surface area contributed by atoms with Gasteiger partial charge in [-0.1, -0.05) is 54.5 Å². The van der Waals surface area contributed by atoms with Gasteiger partial charge >= 0.3 is 5.97 Å². The maximum atomic E-state index is 11.0. The van der Waals surface area contributed by atoms with Crippen molar-refractivity contribution in [2.75, 3.05) is 13.2 Å². The van der Waals surface area contributed by atoms with Crippen LogP contribution < -0.4 is 4.74 Å². The number of nitrogens with zero attached hydrogens (tertiary/aromatic N) is 2. The minimum absolute atomic E-state index is 0.0250. The minimum atomic E-state index is -0.863. The first kappa shape index (κ1) is 22.0. The second-order valence-electron chi connectivity index (χ2n) is 6.98. The van der Waals surface area contributed by atoms with Gasteiger partial charge in [0.2, 0.25) is 0 Å². The fourth-order valence-electron chi connectivity index (χ4n) is 3.17. The molecule has 0 aliphatic heterocycles. The van der Waals surface area contributed by atoms with Crippen molar-refractivity contribution in [2.24, 2.45) is 5.16 Å². The van der Waals surface area contributed by atoms with Crippen molar-refractivity contribution in [3.05, 3.63) is 83.6 Å². The highest BCUT2D eigenvalue weighted by atomic mass is 16.6. The summed E-state index contributed by atoms with van der Waals surface area (Å²) >= 11 is 0. The Bertz CT molecular complexity index is 1030. The standard InChI is InChI=1S/C25H26N2O4/c1-3-22(19-10-12-20(13-11-19)23-8-4-5-14-26-23)27-31-16-15-30-24-9-6-7-21(18(24)2)17-25(28)29/h4-14H,3,15-17H2,1-2H3,(H,28,29). The van der Waals surface area contributed by atoms with E-state index in [2.05, 4.69) is 10.1 Å². The molecular weight excluding hydrogens is 392 g/mol. The molecule has 0 spiro atoms. The molecule has 0 amide bonds. The second-order valence-corrected chi connectivity index (χ2v) is 6.98. The Morgan fingerprint density at radius 1 is 1.03 bits per heavy atom. The molecule has 0 atom stereocenters. The molecule has 1 N–H and O–H groups in total. The molecule has 0 saturated heterocycles. The summed E-state index contributed by atoms with van der Waals surface area (Å²) < 4.78 is 5.75. The third kappa shape index (κ3) is 6.15. The number of carbonyl (C=O) groups is 1. The average Bonchev–Trinajstić information content (AvgIpc) is 2.79. The first-order valence-electron chi connectivity index (χ1n) is 10.2. The summed E-state index contributed by atoms with van der Waals surface area (Å²) in [6.45, 7) is 4.49. The minimum Gasteiger partial charge on any atom is -0.490 e. The van der Waals surface area contributed by atoms with Crippen molar-refractivity contribution in [3.63, 3.8) is 0 Å². The number of aliphatic carboxylic acids is 1. The van der Waals surface area contributed by atoms with E-state index < -0.39 is 5.97 Å². The number of pyridine rings is 1. The maximum Gasteiger partial charge on any atom is 0.307 e. The van der Waals surface area contributed by atoms with Gasteiger partial charge < -0.3 is 14.7 Å². The molecule has 31 heavy (non-hydrogen) atoms. The van der Waals surface area contributed by atoms with Crippen LogP contribution in [-0.2, 0) is 16.1 Å². The third-order valence-corrected chi connectivity index (χ3v) is 4.86. The highest BCUT2D eigenvalue weighted by Gasteiger charge is 2.09. The van der Waals surface area contributed by atoms with Gasteiger partial charge in [0.15, 0.2) is 6.61 Å². The van der Waals surface area contributed by atoms with Crippen molar-refractivity contribution in [1.82, 2.24) is 4.98 Å². The number of oxime groups is 1. The van der Waals surface area contributed by atoms with Crippen LogP contribution >= 0.6 is 0 Å². The number of hydrogen-bond acceptors (Lipinski definition) is 5. The predicted octanol–water partition coefficient (Wildman–Crippen LogP) is 4.89. The molecule has 2 aromatic carbocycles.